The Kier molecular flexibility index (Phi) is 3.87. The van der Waals surface area contributed by atoms with Gasteiger partial charge in [0, 0.05) is 11.6 Å². The van der Waals surface area contributed by atoms with E-state index in [4.69, 9.17) is 10.5 Å². The largest absolute Gasteiger partial charge is 0.504 e. The number of rotatable bonds is 3. The van der Waals surface area contributed by atoms with Crippen LogP contribution in [0.4, 0.5) is 13.2 Å². The second-order valence-corrected chi connectivity index (χ2v) is 3.82. The predicted molar refractivity (Wildman–Crippen MR) is 57.0 cm³/mol. The smallest absolute Gasteiger partial charge is 0.416 e. The highest BCUT2D eigenvalue weighted by Crippen LogP contribution is 2.40. The van der Waals surface area contributed by atoms with Gasteiger partial charge in [0.2, 0.25) is 0 Å². The van der Waals surface area contributed by atoms with Gasteiger partial charge in [-0.2, -0.15) is 13.2 Å². The molecule has 1 aromatic rings. The van der Waals surface area contributed by atoms with Crippen LogP contribution in [-0.4, -0.2) is 18.3 Å². The Morgan fingerprint density at radius 2 is 2.00 bits per heavy atom. The molecular weight excluding hydrogens is 235 g/mol. The first-order chi connectivity index (χ1) is 7.77. The van der Waals surface area contributed by atoms with E-state index in [0.29, 0.717) is 0 Å². The van der Waals surface area contributed by atoms with E-state index in [1.54, 1.807) is 6.92 Å². The molecule has 0 bridgehead atoms. The third kappa shape index (κ3) is 3.03. The molecule has 0 aromatic heterocycles. The van der Waals surface area contributed by atoms with Crippen LogP contribution in [0.5, 0.6) is 11.5 Å². The molecule has 1 rings (SSSR count). The molecule has 0 aliphatic rings. The van der Waals surface area contributed by atoms with Gasteiger partial charge in [-0.25, -0.2) is 0 Å². The summed E-state index contributed by atoms with van der Waals surface area (Å²) in [6.45, 7) is 1.57. The third-order valence-electron chi connectivity index (χ3n) is 2.30. The summed E-state index contributed by atoms with van der Waals surface area (Å²) in [5.41, 5.74) is 4.37. The van der Waals surface area contributed by atoms with Crippen LogP contribution in [0.25, 0.3) is 0 Å². The number of hydrogen-bond donors (Lipinski definition) is 2. The Morgan fingerprint density at radius 3 is 2.41 bits per heavy atom. The fraction of sp³-hybridized carbons (Fsp3) is 0.455. The molecule has 3 N–H and O–H groups in total. The number of halogens is 3. The summed E-state index contributed by atoms with van der Waals surface area (Å²) in [5, 5.41) is 9.70. The van der Waals surface area contributed by atoms with Gasteiger partial charge in [0.25, 0.3) is 0 Å². The minimum Gasteiger partial charge on any atom is -0.504 e. The van der Waals surface area contributed by atoms with Crippen molar-refractivity contribution in [3.05, 3.63) is 23.3 Å². The third-order valence-corrected chi connectivity index (χ3v) is 2.30. The van der Waals surface area contributed by atoms with E-state index < -0.39 is 23.5 Å². The van der Waals surface area contributed by atoms with Crippen LogP contribution in [0.15, 0.2) is 12.1 Å². The first kappa shape index (κ1) is 13.6. The lowest BCUT2D eigenvalue weighted by Crippen LogP contribution is -2.21. The van der Waals surface area contributed by atoms with E-state index in [0.717, 1.165) is 12.1 Å². The Bertz CT molecular complexity index is 402. The SMILES string of the molecule is COc1ccc(C(F)(F)F)c(CC(C)N)c1O. The normalized spacial score (nSPS) is 13.5. The Labute approximate surface area is 97.0 Å². The molecule has 0 aliphatic heterocycles. The molecule has 0 fully saturated rings. The Hall–Kier alpha value is -1.43. The van der Waals surface area contributed by atoms with Gasteiger partial charge in [0.1, 0.15) is 0 Å². The molecule has 3 nitrogen and oxygen atoms in total. The van der Waals surface area contributed by atoms with Crippen LogP contribution >= 0.6 is 0 Å². The Morgan fingerprint density at radius 1 is 1.41 bits per heavy atom. The van der Waals surface area contributed by atoms with Crippen molar-refractivity contribution in [3.8, 4) is 11.5 Å². The second kappa shape index (κ2) is 4.83. The van der Waals surface area contributed by atoms with Crippen molar-refractivity contribution in [2.45, 2.75) is 25.6 Å². The van der Waals surface area contributed by atoms with E-state index in [1.807, 2.05) is 0 Å². The average molecular weight is 249 g/mol. The molecule has 6 heteroatoms. The standard InChI is InChI=1S/C11H14F3NO2/c1-6(15)5-7-8(11(12,13)14)3-4-9(17-2)10(7)16/h3-4,6,16H,5,15H2,1-2H3. The van der Waals surface area contributed by atoms with Crippen LogP contribution in [0.2, 0.25) is 0 Å². The fourth-order valence-corrected chi connectivity index (χ4v) is 1.57. The van der Waals surface area contributed by atoms with Crippen LogP contribution in [-0.2, 0) is 12.6 Å². The van der Waals surface area contributed by atoms with Gasteiger partial charge in [-0.15, -0.1) is 0 Å². The molecular formula is C11H14F3NO2. The minimum atomic E-state index is -4.52. The van der Waals surface area contributed by atoms with E-state index in [9.17, 15) is 18.3 Å². The van der Waals surface area contributed by atoms with Crippen LogP contribution < -0.4 is 10.5 Å². The van der Waals surface area contributed by atoms with E-state index in [-0.39, 0.29) is 17.7 Å². The minimum absolute atomic E-state index is 0.00801. The first-order valence-corrected chi connectivity index (χ1v) is 4.99. The zero-order chi connectivity index (χ0) is 13.2. The summed E-state index contributed by atoms with van der Waals surface area (Å²) < 4.78 is 42.9. The van der Waals surface area contributed by atoms with Gasteiger partial charge in [-0.1, -0.05) is 0 Å². The van der Waals surface area contributed by atoms with Crippen molar-refractivity contribution in [1.82, 2.24) is 0 Å². The monoisotopic (exact) mass is 249 g/mol. The number of nitrogens with two attached hydrogens (primary N) is 1. The highest BCUT2D eigenvalue weighted by Gasteiger charge is 2.35. The van der Waals surface area contributed by atoms with E-state index >= 15 is 0 Å². The molecule has 0 aliphatic carbocycles. The number of methoxy groups -OCH3 is 1. The lowest BCUT2D eigenvalue weighted by atomic mass is 9.99. The van der Waals surface area contributed by atoms with Crippen molar-refractivity contribution in [2.75, 3.05) is 7.11 Å². The van der Waals surface area contributed by atoms with Crippen molar-refractivity contribution in [2.24, 2.45) is 5.73 Å². The van der Waals surface area contributed by atoms with Crippen LogP contribution in [0.3, 0.4) is 0 Å². The fourth-order valence-electron chi connectivity index (χ4n) is 1.57. The molecule has 1 aromatic carbocycles. The molecule has 0 saturated heterocycles. The lowest BCUT2D eigenvalue weighted by molar-refractivity contribution is -0.138. The van der Waals surface area contributed by atoms with Crippen LogP contribution in [0.1, 0.15) is 18.1 Å². The van der Waals surface area contributed by atoms with Crippen LogP contribution in [0, 0.1) is 0 Å². The molecule has 0 saturated carbocycles. The summed E-state index contributed by atoms with van der Waals surface area (Å²) in [4.78, 5) is 0. The first-order valence-electron chi connectivity index (χ1n) is 4.99. The van der Waals surface area contributed by atoms with Crippen molar-refractivity contribution in [3.63, 3.8) is 0 Å². The van der Waals surface area contributed by atoms with E-state index in [2.05, 4.69) is 0 Å². The molecule has 1 atom stereocenters. The highest BCUT2D eigenvalue weighted by molar-refractivity contribution is 5.51. The van der Waals surface area contributed by atoms with Gasteiger partial charge >= 0.3 is 6.18 Å². The zero-order valence-electron chi connectivity index (χ0n) is 9.51. The number of benzene rings is 1. The van der Waals surface area contributed by atoms with Crippen molar-refractivity contribution >= 4 is 0 Å². The highest BCUT2D eigenvalue weighted by atomic mass is 19.4. The number of phenols is 1. The number of phenolic OH excluding ortho intramolecular Hbond substituents is 1. The molecule has 1 unspecified atom stereocenters. The van der Waals surface area contributed by atoms with Gasteiger partial charge in [-0.3, -0.25) is 0 Å². The molecule has 0 amide bonds. The van der Waals surface area contributed by atoms with E-state index in [1.165, 1.54) is 7.11 Å². The summed E-state index contributed by atoms with van der Waals surface area (Å²) in [6.07, 6.45) is -4.59. The van der Waals surface area contributed by atoms with Gasteiger partial charge < -0.3 is 15.6 Å². The lowest BCUT2D eigenvalue weighted by Gasteiger charge is -2.17. The molecule has 0 spiro atoms. The summed E-state index contributed by atoms with van der Waals surface area (Å²) in [5.74, 6) is -0.492. The molecule has 0 radical (unpaired) electrons. The number of alkyl halides is 3. The van der Waals surface area contributed by atoms with Crippen molar-refractivity contribution < 1.29 is 23.0 Å². The maximum absolute atomic E-state index is 12.7. The average Bonchev–Trinajstić information content (AvgIpc) is 2.18. The quantitative estimate of drug-likeness (QED) is 0.864. The Balaban J connectivity index is 3.36. The number of aromatic hydroxyl groups is 1. The van der Waals surface area contributed by atoms with Crippen molar-refractivity contribution in [1.29, 1.82) is 0 Å². The predicted octanol–water partition coefficient (Wildman–Crippen LogP) is 2.31. The number of hydrogen-bond acceptors (Lipinski definition) is 3. The van der Waals surface area contributed by atoms with Gasteiger partial charge in [0.15, 0.2) is 11.5 Å². The summed E-state index contributed by atoms with van der Waals surface area (Å²) >= 11 is 0. The zero-order valence-corrected chi connectivity index (χ0v) is 9.51. The maximum atomic E-state index is 12.7. The molecule has 17 heavy (non-hydrogen) atoms. The second-order valence-electron chi connectivity index (χ2n) is 3.82. The summed E-state index contributed by atoms with van der Waals surface area (Å²) in [6, 6.07) is 1.48. The van der Waals surface area contributed by atoms with Gasteiger partial charge in [-0.05, 0) is 25.5 Å². The maximum Gasteiger partial charge on any atom is 0.416 e. The van der Waals surface area contributed by atoms with Gasteiger partial charge in [0.05, 0.1) is 12.7 Å². The molecule has 96 valence electrons. The number of ether oxygens (including phenoxy) is 1. The summed E-state index contributed by atoms with van der Waals surface area (Å²) in [7, 11) is 1.28. The topological polar surface area (TPSA) is 55.5 Å². The molecule has 0 heterocycles.